The van der Waals surface area contributed by atoms with Gasteiger partial charge < -0.3 is 4.74 Å². The molecule has 3 nitrogen and oxygen atoms in total. The summed E-state index contributed by atoms with van der Waals surface area (Å²) in [5.74, 6) is 0. The molecule has 0 aliphatic heterocycles. The lowest BCUT2D eigenvalue weighted by Crippen LogP contribution is -2.07. The topological polar surface area (TPSA) is 27.1 Å². The van der Waals surface area contributed by atoms with Gasteiger partial charge >= 0.3 is 0 Å². The van der Waals surface area contributed by atoms with E-state index in [1.807, 2.05) is 6.92 Å². The maximum Gasteiger partial charge on any atom is 0.109 e. The lowest BCUT2D eigenvalue weighted by Gasteiger charge is -2.08. The van der Waals surface area contributed by atoms with Crippen molar-refractivity contribution < 1.29 is 9.13 Å². The minimum atomic E-state index is -0.403. The zero-order valence-electron chi connectivity index (χ0n) is 9.04. The molecule has 0 aliphatic rings. The van der Waals surface area contributed by atoms with Gasteiger partial charge in [-0.1, -0.05) is 6.92 Å². The average Bonchev–Trinajstić information content (AvgIpc) is 2.56. The van der Waals surface area contributed by atoms with Gasteiger partial charge in [0.1, 0.15) is 12.4 Å². The first-order valence-electron chi connectivity index (χ1n) is 5.06. The fraction of sp³-hybridized carbons (Fsp3) is 0.700. The molecule has 86 valence electrons. The van der Waals surface area contributed by atoms with Crippen LogP contribution in [0.4, 0.5) is 4.39 Å². The number of ether oxygens (including phenoxy) is 1. The van der Waals surface area contributed by atoms with Crippen LogP contribution in [0.15, 0.2) is 10.7 Å². The number of alkyl halides is 1. The fourth-order valence-electron chi connectivity index (χ4n) is 1.08. The molecule has 1 heterocycles. The molecule has 1 rings (SSSR count). The first-order valence-corrected chi connectivity index (χ1v) is 5.86. The van der Waals surface area contributed by atoms with Crippen molar-refractivity contribution in [1.29, 1.82) is 0 Å². The average molecular weight is 279 g/mol. The summed E-state index contributed by atoms with van der Waals surface area (Å²) in [6.07, 6.45) is 2.97. The number of nitrogens with zero attached hydrogens (tertiary/aromatic N) is 2. The summed E-state index contributed by atoms with van der Waals surface area (Å²) in [5, 5.41) is 4.21. The van der Waals surface area contributed by atoms with Crippen LogP contribution in [0.3, 0.4) is 0 Å². The summed E-state index contributed by atoms with van der Waals surface area (Å²) in [6, 6.07) is 0. The van der Waals surface area contributed by atoms with Gasteiger partial charge in [0.05, 0.1) is 23.7 Å². The van der Waals surface area contributed by atoms with Crippen molar-refractivity contribution in [2.24, 2.45) is 0 Å². The molecule has 1 unspecified atom stereocenters. The van der Waals surface area contributed by atoms with Gasteiger partial charge in [-0.15, -0.1) is 0 Å². The van der Waals surface area contributed by atoms with Crippen molar-refractivity contribution >= 4 is 15.9 Å². The summed E-state index contributed by atoms with van der Waals surface area (Å²) in [7, 11) is 0. The fourth-order valence-corrected chi connectivity index (χ4v) is 1.51. The summed E-state index contributed by atoms with van der Waals surface area (Å²) in [5.41, 5.74) is 0.823. The van der Waals surface area contributed by atoms with Gasteiger partial charge in [0, 0.05) is 6.20 Å². The highest BCUT2D eigenvalue weighted by atomic mass is 79.9. The standard InChI is InChI=1S/C10H16BrFN2O/c1-3-8(2)15-7-10-9(11)6-14(13-10)5-4-12/h6,8H,3-5,7H2,1-2H3. The van der Waals surface area contributed by atoms with Crippen LogP contribution in [-0.2, 0) is 17.9 Å². The molecule has 0 saturated carbocycles. The Kier molecular flexibility index (Phi) is 5.25. The first kappa shape index (κ1) is 12.6. The van der Waals surface area contributed by atoms with Crippen LogP contribution in [0.1, 0.15) is 26.0 Å². The molecule has 5 heteroatoms. The van der Waals surface area contributed by atoms with E-state index >= 15 is 0 Å². The third-order valence-electron chi connectivity index (χ3n) is 2.18. The highest BCUT2D eigenvalue weighted by molar-refractivity contribution is 9.10. The number of rotatable bonds is 6. The molecular formula is C10H16BrFN2O. The summed E-state index contributed by atoms with van der Waals surface area (Å²) < 4.78 is 20.1. The zero-order valence-corrected chi connectivity index (χ0v) is 10.6. The highest BCUT2D eigenvalue weighted by Gasteiger charge is 2.08. The lowest BCUT2D eigenvalue weighted by molar-refractivity contribution is 0.0482. The van der Waals surface area contributed by atoms with E-state index in [2.05, 4.69) is 28.0 Å². The second-order valence-electron chi connectivity index (χ2n) is 3.41. The van der Waals surface area contributed by atoms with E-state index in [4.69, 9.17) is 4.74 Å². The number of halogens is 2. The zero-order chi connectivity index (χ0) is 11.3. The number of aryl methyl sites for hydroxylation is 1. The minimum Gasteiger partial charge on any atom is -0.372 e. The van der Waals surface area contributed by atoms with Crippen LogP contribution < -0.4 is 0 Å². The van der Waals surface area contributed by atoms with Gasteiger partial charge in [-0.05, 0) is 29.3 Å². The smallest absolute Gasteiger partial charge is 0.109 e. The molecule has 0 amide bonds. The third kappa shape index (κ3) is 3.91. The van der Waals surface area contributed by atoms with Crippen LogP contribution in [0.25, 0.3) is 0 Å². The molecule has 1 aromatic rings. The van der Waals surface area contributed by atoms with E-state index in [0.29, 0.717) is 13.2 Å². The molecular weight excluding hydrogens is 263 g/mol. The molecule has 0 spiro atoms. The van der Waals surface area contributed by atoms with Crippen LogP contribution in [0.5, 0.6) is 0 Å². The van der Waals surface area contributed by atoms with E-state index in [1.54, 1.807) is 10.9 Å². The van der Waals surface area contributed by atoms with E-state index in [1.165, 1.54) is 0 Å². The molecule has 15 heavy (non-hydrogen) atoms. The number of hydrogen-bond donors (Lipinski definition) is 0. The Bertz CT molecular complexity index is 304. The Morgan fingerprint density at radius 1 is 1.67 bits per heavy atom. The maximum atomic E-state index is 12.1. The molecule has 0 aliphatic carbocycles. The molecule has 0 bridgehead atoms. The van der Waals surface area contributed by atoms with Gasteiger partial charge in [-0.3, -0.25) is 4.68 Å². The van der Waals surface area contributed by atoms with Gasteiger partial charge in [0.15, 0.2) is 0 Å². The molecule has 0 fully saturated rings. The third-order valence-corrected chi connectivity index (χ3v) is 2.84. The van der Waals surface area contributed by atoms with Crippen LogP contribution in [-0.4, -0.2) is 22.6 Å². The molecule has 1 aromatic heterocycles. The van der Waals surface area contributed by atoms with Crippen molar-refractivity contribution in [2.75, 3.05) is 6.67 Å². The van der Waals surface area contributed by atoms with Crippen molar-refractivity contribution in [1.82, 2.24) is 9.78 Å². The van der Waals surface area contributed by atoms with Crippen LogP contribution >= 0.6 is 15.9 Å². The Morgan fingerprint density at radius 2 is 2.40 bits per heavy atom. The normalized spacial score (nSPS) is 13.1. The van der Waals surface area contributed by atoms with E-state index in [-0.39, 0.29) is 6.10 Å². The quantitative estimate of drug-likeness (QED) is 0.800. The minimum absolute atomic E-state index is 0.225. The number of hydrogen-bond acceptors (Lipinski definition) is 2. The molecule has 1 atom stereocenters. The Hall–Kier alpha value is -0.420. The van der Waals surface area contributed by atoms with E-state index in [0.717, 1.165) is 16.6 Å². The second kappa shape index (κ2) is 6.23. The maximum absolute atomic E-state index is 12.1. The predicted molar refractivity (Wildman–Crippen MR) is 60.4 cm³/mol. The Morgan fingerprint density at radius 3 is 3.00 bits per heavy atom. The second-order valence-corrected chi connectivity index (χ2v) is 4.26. The van der Waals surface area contributed by atoms with Gasteiger partial charge in [0.25, 0.3) is 0 Å². The molecule has 0 aromatic carbocycles. The van der Waals surface area contributed by atoms with Crippen LogP contribution in [0, 0.1) is 0 Å². The lowest BCUT2D eigenvalue weighted by atomic mass is 10.3. The molecule has 0 radical (unpaired) electrons. The van der Waals surface area contributed by atoms with Crippen molar-refractivity contribution in [3.8, 4) is 0 Å². The van der Waals surface area contributed by atoms with Gasteiger partial charge in [-0.25, -0.2) is 4.39 Å². The van der Waals surface area contributed by atoms with E-state index < -0.39 is 6.67 Å². The summed E-state index contributed by atoms with van der Waals surface area (Å²) >= 11 is 3.37. The van der Waals surface area contributed by atoms with Crippen molar-refractivity contribution in [3.05, 3.63) is 16.4 Å². The summed E-state index contributed by atoms with van der Waals surface area (Å²) in [4.78, 5) is 0. The number of aromatic nitrogens is 2. The monoisotopic (exact) mass is 278 g/mol. The molecule has 0 saturated heterocycles. The van der Waals surface area contributed by atoms with Crippen LogP contribution in [0.2, 0.25) is 0 Å². The largest absolute Gasteiger partial charge is 0.372 e. The van der Waals surface area contributed by atoms with Crippen molar-refractivity contribution in [2.45, 2.75) is 39.5 Å². The Balaban J connectivity index is 2.53. The highest BCUT2D eigenvalue weighted by Crippen LogP contribution is 2.16. The summed E-state index contributed by atoms with van der Waals surface area (Å²) in [6.45, 7) is 4.45. The van der Waals surface area contributed by atoms with Gasteiger partial charge in [0.2, 0.25) is 0 Å². The SMILES string of the molecule is CCC(C)OCc1nn(CCF)cc1Br. The predicted octanol–water partition coefficient (Wildman–Crippen LogP) is 2.93. The van der Waals surface area contributed by atoms with E-state index in [9.17, 15) is 4.39 Å². The van der Waals surface area contributed by atoms with Gasteiger partial charge in [-0.2, -0.15) is 5.10 Å². The first-order chi connectivity index (χ1) is 7.17. The Labute approximate surface area is 97.7 Å². The molecule has 0 N–H and O–H groups in total. The van der Waals surface area contributed by atoms with Crippen molar-refractivity contribution in [3.63, 3.8) is 0 Å².